The van der Waals surface area contributed by atoms with Crippen LogP contribution in [0.4, 0.5) is 0 Å². The Labute approximate surface area is 194 Å². The first-order chi connectivity index (χ1) is 15.3. The second-order valence-electron chi connectivity index (χ2n) is 9.06. The van der Waals surface area contributed by atoms with Gasteiger partial charge in [0.25, 0.3) is 5.91 Å². The molecule has 0 spiro atoms. The highest BCUT2D eigenvalue weighted by Gasteiger charge is 2.31. The van der Waals surface area contributed by atoms with E-state index in [9.17, 15) is 4.79 Å². The van der Waals surface area contributed by atoms with Gasteiger partial charge < -0.3 is 14.4 Å². The van der Waals surface area contributed by atoms with Gasteiger partial charge in [0.1, 0.15) is 23.7 Å². The largest absolute Gasteiger partial charge is 0.491 e. The monoisotopic (exact) mass is 449 g/mol. The van der Waals surface area contributed by atoms with E-state index in [2.05, 4.69) is 12.1 Å². The summed E-state index contributed by atoms with van der Waals surface area (Å²) in [7, 11) is 0. The van der Waals surface area contributed by atoms with Gasteiger partial charge in [0.15, 0.2) is 0 Å². The molecule has 0 saturated carbocycles. The van der Waals surface area contributed by atoms with Crippen molar-refractivity contribution in [2.75, 3.05) is 6.61 Å². The van der Waals surface area contributed by atoms with Crippen LogP contribution in [0.25, 0.3) is 0 Å². The average Bonchev–Trinajstić information content (AvgIpc) is 2.77. The highest BCUT2D eigenvalue weighted by molar-refractivity contribution is 6.30. The second-order valence-corrected chi connectivity index (χ2v) is 9.50. The van der Waals surface area contributed by atoms with E-state index < -0.39 is 0 Å². The average molecular weight is 450 g/mol. The molecule has 166 valence electrons. The van der Waals surface area contributed by atoms with Gasteiger partial charge in [-0.1, -0.05) is 35.9 Å². The second kappa shape index (κ2) is 9.25. The number of amides is 1. The molecule has 1 aliphatic rings. The SMILES string of the molecule is CC(C)(C)Oc1ccc(OCC2Cc3ccccc3CN2C(=O)c2ccc(Cl)cc2)cc1. The Balaban J connectivity index is 1.50. The summed E-state index contributed by atoms with van der Waals surface area (Å²) >= 11 is 6.01. The molecule has 4 nitrogen and oxygen atoms in total. The van der Waals surface area contributed by atoms with Crippen LogP contribution in [-0.4, -0.2) is 29.1 Å². The highest BCUT2D eigenvalue weighted by atomic mass is 35.5. The van der Waals surface area contributed by atoms with Crippen LogP contribution >= 0.6 is 11.6 Å². The number of carbonyl (C=O) groups is 1. The van der Waals surface area contributed by atoms with Gasteiger partial charge in [-0.2, -0.15) is 0 Å². The number of hydrogen-bond acceptors (Lipinski definition) is 3. The molecule has 0 bridgehead atoms. The molecular formula is C27H28ClNO3. The first-order valence-electron chi connectivity index (χ1n) is 10.8. The Bertz CT molecular complexity index is 1070. The zero-order valence-electron chi connectivity index (χ0n) is 18.7. The Hall–Kier alpha value is -2.98. The lowest BCUT2D eigenvalue weighted by molar-refractivity contribution is 0.0566. The topological polar surface area (TPSA) is 38.8 Å². The maximum Gasteiger partial charge on any atom is 0.254 e. The van der Waals surface area contributed by atoms with E-state index in [4.69, 9.17) is 21.1 Å². The number of carbonyl (C=O) groups excluding carboxylic acids is 1. The molecule has 0 aromatic heterocycles. The van der Waals surface area contributed by atoms with E-state index in [0.717, 1.165) is 17.9 Å². The fraction of sp³-hybridized carbons (Fsp3) is 0.296. The van der Waals surface area contributed by atoms with Gasteiger partial charge in [-0.3, -0.25) is 4.79 Å². The van der Waals surface area contributed by atoms with Crippen molar-refractivity contribution in [3.63, 3.8) is 0 Å². The van der Waals surface area contributed by atoms with Crippen molar-refractivity contribution < 1.29 is 14.3 Å². The van der Waals surface area contributed by atoms with Crippen molar-refractivity contribution in [1.82, 2.24) is 4.90 Å². The smallest absolute Gasteiger partial charge is 0.254 e. The van der Waals surface area contributed by atoms with Crippen molar-refractivity contribution in [1.29, 1.82) is 0 Å². The predicted molar refractivity (Wildman–Crippen MR) is 128 cm³/mol. The molecule has 3 aromatic carbocycles. The lowest BCUT2D eigenvalue weighted by atomic mass is 9.93. The number of rotatable bonds is 5. The number of hydrogen-bond donors (Lipinski definition) is 0. The van der Waals surface area contributed by atoms with Gasteiger partial charge in [0.2, 0.25) is 0 Å². The summed E-state index contributed by atoms with van der Waals surface area (Å²) in [4.78, 5) is 15.2. The summed E-state index contributed by atoms with van der Waals surface area (Å²) in [5, 5.41) is 0.615. The Morgan fingerprint density at radius 2 is 1.56 bits per heavy atom. The molecule has 0 radical (unpaired) electrons. The quantitative estimate of drug-likeness (QED) is 0.468. The van der Waals surface area contributed by atoms with Gasteiger partial charge in [0.05, 0.1) is 6.04 Å². The summed E-state index contributed by atoms with van der Waals surface area (Å²) in [5.41, 5.74) is 2.81. The maximum absolute atomic E-state index is 13.3. The molecule has 4 rings (SSSR count). The van der Waals surface area contributed by atoms with Crippen molar-refractivity contribution >= 4 is 17.5 Å². The van der Waals surface area contributed by atoms with Crippen LogP contribution in [0, 0.1) is 0 Å². The summed E-state index contributed by atoms with van der Waals surface area (Å²) in [5.74, 6) is 1.54. The van der Waals surface area contributed by atoms with Crippen LogP contribution in [0.15, 0.2) is 72.8 Å². The minimum absolute atomic E-state index is 0.0151. The standard InChI is InChI=1S/C27H28ClNO3/c1-27(2,3)32-25-14-12-24(13-15-25)31-18-23-16-20-6-4-5-7-21(20)17-29(23)26(30)19-8-10-22(28)11-9-19/h4-15,23H,16-18H2,1-3H3. The third kappa shape index (κ3) is 5.43. The third-order valence-corrected chi connectivity index (χ3v) is 5.65. The van der Waals surface area contributed by atoms with Crippen LogP contribution in [0.2, 0.25) is 5.02 Å². The van der Waals surface area contributed by atoms with Crippen molar-refractivity contribution in [3.05, 3.63) is 94.5 Å². The fourth-order valence-electron chi connectivity index (χ4n) is 3.88. The summed E-state index contributed by atoms with van der Waals surface area (Å²) in [6.07, 6.45) is 0.751. The first kappa shape index (κ1) is 22.2. The van der Waals surface area contributed by atoms with Crippen LogP contribution < -0.4 is 9.47 Å². The van der Waals surface area contributed by atoms with E-state index in [1.165, 1.54) is 11.1 Å². The molecule has 0 fully saturated rings. The minimum Gasteiger partial charge on any atom is -0.491 e. The lowest BCUT2D eigenvalue weighted by Gasteiger charge is -2.37. The Morgan fingerprint density at radius 3 is 2.22 bits per heavy atom. The molecule has 1 aliphatic heterocycles. The molecule has 32 heavy (non-hydrogen) atoms. The molecule has 3 aromatic rings. The number of benzene rings is 3. The Kier molecular flexibility index (Phi) is 6.43. The van der Waals surface area contributed by atoms with Crippen molar-refractivity contribution in [2.45, 2.75) is 45.4 Å². The number of fused-ring (bicyclic) bond motifs is 1. The fourth-order valence-corrected chi connectivity index (χ4v) is 4.01. The van der Waals surface area contributed by atoms with Crippen LogP contribution in [-0.2, 0) is 13.0 Å². The number of ether oxygens (including phenoxy) is 2. The number of halogens is 1. The molecule has 1 atom stereocenters. The summed E-state index contributed by atoms with van der Waals surface area (Å²) in [6, 6.07) is 22.9. The zero-order valence-corrected chi connectivity index (χ0v) is 19.4. The van der Waals surface area contributed by atoms with Gasteiger partial charge in [0, 0.05) is 17.1 Å². The van der Waals surface area contributed by atoms with E-state index in [-0.39, 0.29) is 17.6 Å². The summed E-state index contributed by atoms with van der Waals surface area (Å²) < 4.78 is 12.0. The summed E-state index contributed by atoms with van der Waals surface area (Å²) in [6.45, 7) is 7.02. The molecule has 1 amide bonds. The van der Waals surface area contributed by atoms with Crippen molar-refractivity contribution in [2.24, 2.45) is 0 Å². The molecule has 0 saturated heterocycles. The lowest BCUT2D eigenvalue weighted by Crippen LogP contribution is -2.47. The highest BCUT2D eigenvalue weighted by Crippen LogP contribution is 2.27. The van der Waals surface area contributed by atoms with Gasteiger partial charge in [-0.05, 0) is 86.8 Å². The first-order valence-corrected chi connectivity index (χ1v) is 11.2. The maximum atomic E-state index is 13.3. The van der Waals surface area contributed by atoms with Crippen LogP contribution in [0.3, 0.4) is 0 Å². The minimum atomic E-state index is -0.250. The van der Waals surface area contributed by atoms with E-state index in [1.54, 1.807) is 24.3 Å². The van der Waals surface area contributed by atoms with Crippen molar-refractivity contribution in [3.8, 4) is 11.5 Å². The molecular weight excluding hydrogens is 422 g/mol. The zero-order chi connectivity index (χ0) is 22.7. The molecule has 5 heteroatoms. The van der Waals surface area contributed by atoms with Gasteiger partial charge >= 0.3 is 0 Å². The normalized spacial score (nSPS) is 15.8. The molecule has 1 unspecified atom stereocenters. The molecule has 0 aliphatic carbocycles. The predicted octanol–water partition coefficient (Wildman–Crippen LogP) is 6.16. The van der Waals surface area contributed by atoms with Gasteiger partial charge in [-0.15, -0.1) is 0 Å². The number of nitrogens with zero attached hydrogens (tertiary/aromatic N) is 1. The van der Waals surface area contributed by atoms with E-state index >= 15 is 0 Å². The molecule has 0 N–H and O–H groups in total. The molecule has 1 heterocycles. The van der Waals surface area contributed by atoms with Gasteiger partial charge in [-0.25, -0.2) is 0 Å². The van der Waals surface area contributed by atoms with Crippen LogP contribution in [0.1, 0.15) is 42.3 Å². The van der Waals surface area contributed by atoms with Crippen LogP contribution in [0.5, 0.6) is 11.5 Å². The third-order valence-electron chi connectivity index (χ3n) is 5.40. The van der Waals surface area contributed by atoms with E-state index in [0.29, 0.717) is 23.7 Å². The van der Waals surface area contributed by atoms with E-state index in [1.807, 2.05) is 62.1 Å². The Morgan fingerprint density at radius 1 is 0.938 bits per heavy atom.